The first-order chi connectivity index (χ1) is 9.12. The number of carbonyl (C=O) groups is 1. The highest BCUT2D eigenvalue weighted by molar-refractivity contribution is 7.99. The van der Waals surface area contributed by atoms with E-state index in [4.69, 9.17) is 5.11 Å². The SMILES string of the molecule is Cc1c(C(F)(F)F)nn(CCC(C)C)c1SCC(=O)O. The Labute approximate surface area is 119 Å². The van der Waals surface area contributed by atoms with Crippen molar-refractivity contribution in [3.05, 3.63) is 11.3 Å². The zero-order valence-corrected chi connectivity index (χ0v) is 12.3. The Morgan fingerprint density at radius 1 is 1.45 bits per heavy atom. The van der Waals surface area contributed by atoms with E-state index in [9.17, 15) is 18.0 Å². The van der Waals surface area contributed by atoms with Gasteiger partial charge < -0.3 is 5.11 Å². The molecule has 1 heterocycles. The fourth-order valence-corrected chi connectivity index (χ4v) is 2.50. The molecule has 0 radical (unpaired) electrons. The van der Waals surface area contributed by atoms with Gasteiger partial charge >= 0.3 is 12.1 Å². The molecule has 1 N–H and O–H groups in total. The van der Waals surface area contributed by atoms with Crippen molar-refractivity contribution in [3.8, 4) is 0 Å². The second-order valence-corrected chi connectivity index (χ2v) is 5.83. The van der Waals surface area contributed by atoms with E-state index >= 15 is 0 Å². The predicted octanol–water partition coefficient (Wildman–Crippen LogP) is 3.43. The van der Waals surface area contributed by atoms with E-state index in [-0.39, 0.29) is 16.3 Å². The summed E-state index contributed by atoms with van der Waals surface area (Å²) in [6, 6.07) is 0. The zero-order valence-electron chi connectivity index (χ0n) is 11.5. The second-order valence-electron chi connectivity index (χ2n) is 4.86. The van der Waals surface area contributed by atoms with Gasteiger partial charge in [0.15, 0.2) is 5.69 Å². The highest BCUT2D eigenvalue weighted by atomic mass is 32.2. The Kier molecular flexibility index (Phi) is 5.50. The van der Waals surface area contributed by atoms with Crippen molar-refractivity contribution in [1.29, 1.82) is 0 Å². The largest absolute Gasteiger partial charge is 0.481 e. The van der Waals surface area contributed by atoms with E-state index in [2.05, 4.69) is 5.10 Å². The highest BCUT2D eigenvalue weighted by Gasteiger charge is 2.37. The summed E-state index contributed by atoms with van der Waals surface area (Å²) in [5, 5.41) is 12.6. The minimum absolute atomic E-state index is 0.00694. The molecule has 0 aliphatic carbocycles. The molecule has 0 fully saturated rings. The number of aromatic nitrogens is 2. The lowest BCUT2D eigenvalue weighted by molar-refractivity contribution is -0.142. The van der Waals surface area contributed by atoms with Crippen LogP contribution in [0.2, 0.25) is 0 Å². The average molecular weight is 310 g/mol. The number of carboxylic acids is 1. The van der Waals surface area contributed by atoms with Gasteiger partial charge in [-0.2, -0.15) is 18.3 Å². The van der Waals surface area contributed by atoms with Crippen LogP contribution in [0.1, 0.15) is 31.5 Å². The maximum Gasteiger partial charge on any atom is 0.435 e. The number of hydrogen-bond donors (Lipinski definition) is 1. The summed E-state index contributed by atoms with van der Waals surface area (Å²) in [4.78, 5) is 10.6. The summed E-state index contributed by atoms with van der Waals surface area (Å²) in [5.41, 5.74) is -0.943. The number of thioether (sulfide) groups is 1. The van der Waals surface area contributed by atoms with Crippen LogP contribution in [0.4, 0.5) is 13.2 Å². The smallest absolute Gasteiger partial charge is 0.435 e. The van der Waals surface area contributed by atoms with E-state index in [0.717, 1.165) is 11.8 Å². The molecule has 0 atom stereocenters. The third kappa shape index (κ3) is 4.43. The molecule has 8 heteroatoms. The fraction of sp³-hybridized carbons (Fsp3) is 0.667. The van der Waals surface area contributed by atoms with Gasteiger partial charge in [0.1, 0.15) is 0 Å². The molecule has 1 aromatic rings. The van der Waals surface area contributed by atoms with E-state index in [1.807, 2.05) is 13.8 Å². The van der Waals surface area contributed by atoms with Crippen molar-refractivity contribution in [1.82, 2.24) is 9.78 Å². The monoisotopic (exact) mass is 310 g/mol. The molecule has 4 nitrogen and oxygen atoms in total. The molecular weight excluding hydrogens is 293 g/mol. The Morgan fingerprint density at radius 2 is 2.05 bits per heavy atom. The first kappa shape index (κ1) is 16.9. The summed E-state index contributed by atoms with van der Waals surface area (Å²) in [5.74, 6) is -1.03. The third-order valence-corrected chi connectivity index (χ3v) is 3.83. The number of hydrogen-bond acceptors (Lipinski definition) is 3. The Hall–Kier alpha value is -1.18. The van der Waals surface area contributed by atoms with E-state index in [1.54, 1.807) is 0 Å². The first-order valence-electron chi connectivity index (χ1n) is 6.12. The van der Waals surface area contributed by atoms with Crippen LogP contribution in [0.15, 0.2) is 5.03 Å². The van der Waals surface area contributed by atoms with Crippen molar-refractivity contribution >= 4 is 17.7 Å². The van der Waals surface area contributed by atoms with Crippen LogP contribution in [0, 0.1) is 12.8 Å². The summed E-state index contributed by atoms with van der Waals surface area (Å²) in [6.45, 7) is 5.60. The molecule has 1 aromatic heterocycles. The van der Waals surface area contributed by atoms with E-state index < -0.39 is 17.8 Å². The molecule has 1 rings (SSSR count). The topological polar surface area (TPSA) is 55.1 Å². The van der Waals surface area contributed by atoms with Gasteiger partial charge in [0, 0.05) is 12.1 Å². The molecule has 0 saturated heterocycles. The van der Waals surface area contributed by atoms with Gasteiger partial charge in [0.25, 0.3) is 0 Å². The number of aliphatic carboxylic acids is 1. The zero-order chi connectivity index (χ0) is 15.5. The van der Waals surface area contributed by atoms with Crippen molar-refractivity contribution in [3.63, 3.8) is 0 Å². The predicted molar refractivity (Wildman–Crippen MR) is 69.8 cm³/mol. The lowest BCUT2D eigenvalue weighted by atomic mass is 10.1. The summed E-state index contributed by atoms with van der Waals surface area (Å²) >= 11 is 0.871. The number of rotatable bonds is 6. The lowest BCUT2D eigenvalue weighted by Crippen LogP contribution is -2.10. The molecule has 0 saturated carbocycles. The van der Waals surface area contributed by atoms with Crippen molar-refractivity contribution in [2.45, 2.75) is 44.9 Å². The van der Waals surface area contributed by atoms with Gasteiger partial charge in [-0.1, -0.05) is 25.6 Å². The summed E-state index contributed by atoms with van der Waals surface area (Å²) < 4.78 is 39.8. The number of carboxylic acid groups (broad SMARTS) is 1. The minimum Gasteiger partial charge on any atom is -0.481 e. The molecule has 20 heavy (non-hydrogen) atoms. The van der Waals surface area contributed by atoms with Crippen LogP contribution < -0.4 is 0 Å². The normalized spacial score (nSPS) is 12.2. The fourth-order valence-electron chi connectivity index (χ4n) is 1.65. The number of nitrogens with zero attached hydrogens (tertiary/aromatic N) is 2. The van der Waals surface area contributed by atoms with Crippen LogP contribution in [-0.4, -0.2) is 26.6 Å². The van der Waals surface area contributed by atoms with Gasteiger partial charge in [-0.15, -0.1) is 0 Å². The maximum atomic E-state index is 12.8. The van der Waals surface area contributed by atoms with Crippen LogP contribution >= 0.6 is 11.8 Å². The molecule has 0 amide bonds. The Balaban J connectivity index is 3.08. The van der Waals surface area contributed by atoms with Crippen LogP contribution in [0.3, 0.4) is 0 Å². The molecular formula is C12H17F3N2O2S. The summed E-state index contributed by atoms with van der Waals surface area (Å²) in [6.07, 6.45) is -3.84. The molecule has 0 aliphatic heterocycles. The molecule has 0 spiro atoms. The molecule has 0 aliphatic rings. The van der Waals surface area contributed by atoms with Gasteiger partial charge in [0.2, 0.25) is 0 Å². The number of halogens is 3. The molecule has 114 valence electrons. The quantitative estimate of drug-likeness (QED) is 0.818. The van der Waals surface area contributed by atoms with E-state index in [0.29, 0.717) is 18.9 Å². The number of alkyl halides is 3. The van der Waals surface area contributed by atoms with Crippen molar-refractivity contribution in [2.24, 2.45) is 5.92 Å². The highest BCUT2D eigenvalue weighted by Crippen LogP contribution is 2.35. The van der Waals surface area contributed by atoms with Crippen LogP contribution in [0.5, 0.6) is 0 Å². The average Bonchev–Trinajstić information content (AvgIpc) is 2.60. The second kappa shape index (κ2) is 6.51. The van der Waals surface area contributed by atoms with Gasteiger partial charge in [-0.3, -0.25) is 9.48 Å². The maximum absolute atomic E-state index is 12.8. The van der Waals surface area contributed by atoms with Crippen molar-refractivity contribution < 1.29 is 23.1 Å². The van der Waals surface area contributed by atoms with Crippen LogP contribution in [-0.2, 0) is 17.5 Å². The van der Waals surface area contributed by atoms with Crippen LogP contribution in [0.25, 0.3) is 0 Å². The Morgan fingerprint density at radius 3 is 2.50 bits per heavy atom. The molecule has 0 unspecified atom stereocenters. The van der Waals surface area contributed by atoms with Crippen molar-refractivity contribution in [2.75, 3.05) is 5.75 Å². The number of aryl methyl sites for hydroxylation is 1. The lowest BCUT2D eigenvalue weighted by Gasteiger charge is -2.08. The first-order valence-corrected chi connectivity index (χ1v) is 7.10. The van der Waals surface area contributed by atoms with Gasteiger partial charge in [-0.25, -0.2) is 0 Å². The summed E-state index contributed by atoms with van der Waals surface area (Å²) in [7, 11) is 0. The van der Waals surface area contributed by atoms with Gasteiger partial charge in [-0.05, 0) is 19.3 Å². The van der Waals surface area contributed by atoms with Gasteiger partial charge in [0.05, 0.1) is 10.8 Å². The Bertz CT molecular complexity index is 484. The standard InChI is InChI=1S/C12H17F3N2O2S/c1-7(2)4-5-17-11(20-6-9(18)19)8(3)10(16-17)12(13,14)15/h7H,4-6H2,1-3H3,(H,18,19). The molecule has 0 aromatic carbocycles. The minimum atomic E-state index is -4.52. The molecule has 0 bridgehead atoms. The van der Waals surface area contributed by atoms with E-state index in [1.165, 1.54) is 11.6 Å². The third-order valence-electron chi connectivity index (χ3n) is 2.65.